The van der Waals surface area contributed by atoms with Crippen LogP contribution < -0.4 is 5.32 Å². The number of aryl methyl sites for hydroxylation is 1. The molecule has 0 spiro atoms. The van der Waals surface area contributed by atoms with E-state index in [-0.39, 0.29) is 5.91 Å². The summed E-state index contributed by atoms with van der Waals surface area (Å²) < 4.78 is 4.11. The molecule has 1 amide bonds. The van der Waals surface area contributed by atoms with Crippen molar-refractivity contribution >= 4 is 17.4 Å². The van der Waals surface area contributed by atoms with E-state index in [2.05, 4.69) is 9.69 Å². The van der Waals surface area contributed by atoms with Gasteiger partial charge in [-0.2, -0.15) is 4.37 Å². The molecule has 1 heterocycles. The molecule has 0 radical (unpaired) electrons. The van der Waals surface area contributed by atoms with Gasteiger partial charge in [0, 0.05) is 11.8 Å². The van der Waals surface area contributed by atoms with Gasteiger partial charge in [0.05, 0.1) is 12.2 Å². The van der Waals surface area contributed by atoms with Crippen molar-refractivity contribution in [1.82, 2.24) is 9.69 Å². The minimum absolute atomic E-state index is 0.0179. The van der Waals surface area contributed by atoms with Crippen LogP contribution in [0.2, 0.25) is 0 Å². The molecule has 0 saturated heterocycles. The fourth-order valence-corrected chi connectivity index (χ4v) is 1.28. The van der Waals surface area contributed by atoms with E-state index in [0.717, 1.165) is 5.69 Å². The van der Waals surface area contributed by atoms with E-state index < -0.39 is 0 Å². The topological polar surface area (TPSA) is 42.0 Å². The Balaban J connectivity index is 2.45. The zero-order valence-corrected chi connectivity index (χ0v) is 7.36. The molecule has 0 unspecified atom stereocenters. The summed E-state index contributed by atoms with van der Waals surface area (Å²) in [5.41, 5.74) is 0.933. The molecule has 0 fully saturated rings. The first-order valence-electron chi connectivity index (χ1n) is 3.35. The maximum absolute atomic E-state index is 10.5. The number of nitrogens with one attached hydrogen (secondary N) is 1. The molecular formula is C7H10N2OS. The summed E-state index contributed by atoms with van der Waals surface area (Å²) in [6.07, 6.45) is 0. The maximum atomic E-state index is 10.5. The number of nitrogens with zero attached hydrogens (tertiary/aromatic N) is 1. The van der Waals surface area contributed by atoms with Gasteiger partial charge in [0.15, 0.2) is 0 Å². The van der Waals surface area contributed by atoms with Crippen molar-refractivity contribution in [1.29, 1.82) is 0 Å². The third-order valence-corrected chi connectivity index (χ3v) is 1.93. The van der Waals surface area contributed by atoms with Gasteiger partial charge < -0.3 is 5.32 Å². The van der Waals surface area contributed by atoms with E-state index in [1.54, 1.807) is 0 Å². The second kappa shape index (κ2) is 3.48. The summed E-state index contributed by atoms with van der Waals surface area (Å²) in [5, 5.41) is 2.68. The monoisotopic (exact) mass is 170 g/mol. The van der Waals surface area contributed by atoms with E-state index in [1.165, 1.54) is 23.3 Å². The van der Waals surface area contributed by atoms with Crippen LogP contribution in [0.15, 0.2) is 6.07 Å². The van der Waals surface area contributed by atoms with Crippen LogP contribution in [0, 0.1) is 6.92 Å². The lowest BCUT2D eigenvalue weighted by Gasteiger charge is -1.95. The van der Waals surface area contributed by atoms with E-state index in [1.807, 2.05) is 13.0 Å². The van der Waals surface area contributed by atoms with Crippen LogP contribution in [-0.2, 0) is 11.3 Å². The normalized spacial score (nSPS) is 9.64. The van der Waals surface area contributed by atoms with Crippen molar-refractivity contribution in [3.63, 3.8) is 0 Å². The van der Waals surface area contributed by atoms with Crippen LogP contribution >= 0.6 is 11.5 Å². The zero-order valence-electron chi connectivity index (χ0n) is 6.55. The molecule has 0 atom stereocenters. The third kappa shape index (κ3) is 2.67. The van der Waals surface area contributed by atoms with Crippen molar-refractivity contribution in [3.8, 4) is 0 Å². The standard InChI is InChI=1S/C7H10N2OS/c1-5-3-7(9-11-5)4-8-6(2)10/h3H,4H2,1-2H3,(H,8,10). The van der Waals surface area contributed by atoms with Crippen molar-refractivity contribution in [2.45, 2.75) is 20.4 Å². The van der Waals surface area contributed by atoms with Crippen LogP contribution in [0.4, 0.5) is 0 Å². The lowest BCUT2D eigenvalue weighted by Crippen LogP contribution is -2.18. The average molecular weight is 170 g/mol. The summed E-state index contributed by atoms with van der Waals surface area (Å²) in [5.74, 6) is -0.0179. The number of carbonyl (C=O) groups is 1. The van der Waals surface area contributed by atoms with E-state index in [4.69, 9.17) is 0 Å². The molecule has 60 valence electrons. The van der Waals surface area contributed by atoms with Gasteiger partial charge in [-0.25, -0.2) is 0 Å². The lowest BCUT2D eigenvalue weighted by molar-refractivity contribution is -0.119. The Hall–Kier alpha value is -0.900. The predicted molar refractivity (Wildman–Crippen MR) is 44.4 cm³/mol. The Morgan fingerprint density at radius 3 is 3.00 bits per heavy atom. The number of hydrogen-bond acceptors (Lipinski definition) is 3. The van der Waals surface area contributed by atoms with Gasteiger partial charge in [-0.1, -0.05) is 0 Å². The molecule has 0 saturated carbocycles. The predicted octanol–water partition coefficient (Wildman–Crippen LogP) is 1.09. The number of amides is 1. The first-order valence-corrected chi connectivity index (χ1v) is 4.12. The van der Waals surface area contributed by atoms with Gasteiger partial charge in [-0.05, 0) is 24.5 Å². The summed E-state index contributed by atoms with van der Waals surface area (Å²) >= 11 is 1.45. The van der Waals surface area contributed by atoms with E-state index >= 15 is 0 Å². The minimum Gasteiger partial charge on any atom is -0.351 e. The number of carbonyl (C=O) groups excluding carboxylic acids is 1. The van der Waals surface area contributed by atoms with Gasteiger partial charge in [0.1, 0.15) is 0 Å². The van der Waals surface area contributed by atoms with Crippen molar-refractivity contribution in [2.24, 2.45) is 0 Å². The Morgan fingerprint density at radius 2 is 2.55 bits per heavy atom. The smallest absolute Gasteiger partial charge is 0.217 e. The average Bonchev–Trinajstić information content (AvgIpc) is 2.31. The molecule has 0 aliphatic carbocycles. The highest BCUT2D eigenvalue weighted by atomic mass is 32.1. The molecule has 0 aromatic carbocycles. The lowest BCUT2D eigenvalue weighted by atomic mass is 10.4. The second-order valence-corrected chi connectivity index (χ2v) is 3.35. The minimum atomic E-state index is -0.0179. The molecule has 1 rings (SSSR count). The fourth-order valence-electron chi connectivity index (χ4n) is 0.716. The molecule has 4 heteroatoms. The van der Waals surface area contributed by atoms with Crippen LogP contribution in [0.1, 0.15) is 17.5 Å². The molecular weight excluding hydrogens is 160 g/mol. The zero-order chi connectivity index (χ0) is 8.27. The Bertz CT molecular complexity index is 257. The highest BCUT2D eigenvalue weighted by Crippen LogP contribution is 2.06. The van der Waals surface area contributed by atoms with E-state index in [9.17, 15) is 4.79 Å². The molecule has 0 aliphatic heterocycles. The summed E-state index contributed by atoms with van der Waals surface area (Å²) in [6, 6.07) is 1.97. The van der Waals surface area contributed by atoms with Gasteiger partial charge in [0.2, 0.25) is 5.91 Å². The fraction of sp³-hybridized carbons (Fsp3) is 0.429. The Morgan fingerprint density at radius 1 is 1.82 bits per heavy atom. The molecule has 3 nitrogen and oxygen atoms in total. The second-order valence-electron chi connectivity index (χ2n) is 2.34. The third-order valence-electron chi connectivity index (χ3n) is 1.20. The van der Waals surface area contributed by atoms with Crippen LogP contribution in [0.3, 0.4) is 0 Å². The number of aromatic nitrogens is 1. The molecule has 1 aromatic rings. The van der Waals surface area contributed by atoms with Crippen LogP contribution in [0.25, 0.3) is 0 Å². The Kier molecular flexibility index (Phi) is 2.59. The van der Waals surface area contributed by atoms with Crippen molar-refractivity contribution in [2.75, 3.05) is 0 Å². The molecule has 1 aromatic heterocycles. The Labute approximate surface area is 69.6 Å². The molecule has 0 bridgehead atoms. The highest BCUT2D eigenvalue weighted by molar-refractivity contribution is 7.05. The summed E-state index contributed by atoms with van der Waals surface area (Å²) in [4.78, 5) is 11.7. The first-order chi connectivity index (χ1) is 5.18. The van der Waals surface area contributed by atoms with Gasteiger partial charge in [0.25, 0.3) is 0 Å². The highest BCUT2D eigenvalue weighted by Gasteiger charge is 1.97. The molecule has 0 aliphatic rings. The quantitative estimate of drug-likeness (QED) is 0.721. The van der Waals surface area contributed by atoms with Crippen LogP contribution in [0.5, 0.6) is 0 Å². The van der Waals surface area contributed by atoms with Gasteiger partial charge in [-0.15, -0.1) is 0 Å². The summed E-state index contributed by atoms with van der Waals surface area (Å²) in [6.45, 7) is 4.04. The maximum Gasteiger partial charge on any atom is 0.217 e. The number of hydrogen-bond donors (Lipinski definition) is 1. The largest absolute Gasteiger partial charge is 0.351 e. The molecule has 1 N–H and O–H groups in total. The van der Waals surface area contributed by atoms with Crippen molar-refractivity contribution < 1.29 is 4.79 Å². The van der Waals surface area contributed by atoms with Gasteiger partial charge in [-0.3, -0.25) is 4.79 Å². The SMILES string of the molecule is CC(=O)NCc1cc(C)sn1. The van der Waals surface area contributed by atoms with Crippen LogP contribution in [-0.4, -0.2) is 10.3 Å². The number of rotatable bonds is 2. The summed E-state index contributed by atoms with van der Waals surface area (Å²) in [7, 11) is 0. The van der Waals surface area contributed by atoms with E-state index in [0.29, 0.717) is 6.54 Å². The van der Waals surface area contributed by atoms with Gasteiger partial charge >= 0.3 is 0 Å². The van der Waals surface area contributed by atoms with Crippen molar-refractivity contribution in [3.05, 3.63) is 16.6 Å². The first kappa shape index (κ1) is 8.20. The molecule has 11 heavy (non-hydrogen) atoms.